The van der Waals surface area contributed by atoms with Crippen LogP contribution in [0.2, 0.25) is 0 Å². The van der Waals surface area contributed by atoms with E-state index in [1.165, 1.54) is 6.33 Å². The number of hydrogen-bond acceptors (Lipinski definition) is 6. The zero-order chi connectivity index (χ0) is 17.6. The molecule has 7 nitrogen and oxygen atoms in total. The van der Waals surface area contributed by atoms with Gasteiger partial charge in [0.2, 0.25) is 0 Å². The molecule has 1 aromatic carbocycles. The van der Waals surface area contributed by atoms with Crippen molar-refractivity contribution in [2.75, 3.05) is 37.8 Å². The number of pyridine rings is 1. The van der Waals surface area contributed by atoms with Crippen LogP contribution in [-0.2, 0) is 0 Å². The summed E-state index contributed by atoms with van der Waals surface area (Å²) in [5.74, 6) is 0.328. The molecule has 0 saturated carbocycles. The molecule has 128 valence electrons. The van der Waals surface area contributed by atoms with E-state index >= 15 is 0 Å². The molecule has 7 heteroatoms. The van der Waals surface area contributed by atoms with E-state index in [0.29, 0.717) is 17.2 Å². The number of carbonyl (C=O) groups excluding carboxylic acids is 1. The third-order valence-electron chi connectivity index (χ3n) is 3.65. The fraction of sp³-hybridized carbons (Fsp3) is 0.222. The van der Waals surface area contributed by atoms with E-state index in [4.69, 9.17) is 0 Å². The standard InChI is InChI=1S/C18H20N6O/c1-24(2)10-9-19-16-11-15(21-12-22-16)18(25)23-14-7-3-5-13-6-4-8-20-17(13)14/h3-8,11-12H,9-10H2,1-2H3,(H,23,25)(H,19,21,22). The van der Waals surface area contributed by atoms with E-state index in [-0.39, 0.29) is 5.91 Å². The third kappa shape index (κ3) is 4.27. The van der Waals surface area contributed by atoms with Gasteiger partial charge in [-0.05, 0) is 26.2 Å². The normalized spacial score (nSPS) is 10.8. The van der Waals surface area contributed by atoms with Crippen LogP contribution in [0.25, 0.3) is 10.9 Å². The lowest BCUT2D eigenvalue weighted by atomic mass is 10.2. The number of nitrogens with zero attached hydrogens (tertiary/aromatic N) is 4. The Morgan fingerprint density at radius 3 is 2.80 bits per heavy atom. The average molecular weight is 336 g/mol. The summed E-state index contributed by atoms with van der Waals surface area (Å²) in [4.78, 5) is 27.1. The maximum atomic E-state index is 12.5. The fourth-order valence-electron chi connectivity index (χ4n) is 2.38. The molecule has 0 radical (unpaired) electrons. The third-order valence-corrected chi connectivity index (χ3v) is 3.65. The van der Waals surface area contributed by atoms with Crippen LogP contribution >= 0.6 is 0 Å². The minimum atomic E-state index is -0.295. The van der Waals surface area contributed by atoms with Gasteiger partial charge in [0.25, 0.3) is 5.91 Å². The Balaban J connectivity index is 1.74. The Morgan fingerprint density at radius 1 is 1.12 bits per heavy atom. The van der Waals surface area contributed by atoms with Crippen molar-refractivity contribution >= 4 is 28.3 Å². The van der Waals surface area contributed by atoms with Gasteiger partial charge in [-0.25, -0.2) is 9.97 Å². The SMILES string of the molecule is CN(C)CCNc1cc(C(=O)Nc2cccc3cccnc23)ncn1. The molecule has 0 aliphatic carbocycles. The van der Waals surface area contributed by atoms with Crippen molar-refractivity contribution in [3.05, 3.63) is 54.6 Å². The van der Waals surface area contributed by atoms with Gasteiger partial charge in [-0.15, -0.1) is 0 Å². The molecule has 2 N–H and O–H groups in total. The highest BCUT2D eigenvalue weighted by molar-refractivity contribution is 6.07. The Kier molecular flexibility index (Phi) is 5.15. The summed E-state index contributed by atoms with van der Waals surface area (Å²) in [7, 11) is 4.00. The smallest absolute Gasteiger partial charge is 0.274 e. The van der Waals surface area contributed by atoms with Gasteiger partial charge in [-0.2, -0.15) is 0 Å². The fourth-order valence-corrected chi connectivity index (χ4v) is 2.38. The van der Waals surface area contributed by atoms with E-state index in [2.05, 4.69) is 30.5 Å². The molecule has 0 atom stereocenters. The molecule has 3 rings (SSSR count). The quantitative estimate of drug-likeness (QED) is 0.718. The molecule has 0 saturated heterocycles. The van der Waals surface area contributed by atoms with Crippen LogP contribution in [0, 0.1) is 0 Å². The number of aromatic nitrogens is 3. The number of benzene rings is 1. The molecule has 0 bridgehead atoms. The summed E-state index contributed by atoms with van der Waals surface area (Å²) in [5, 5.41) is 7.02. The maximum absolute atomic E-state index is 12.5. The number of amides is 1. The van der Waals surface area contributed by atoms with E-state index in [0.717, 1.165) is 24.0 Å². The molecule has 2 aromatic heterocycles. The van der Waals surface area contributed by atoms with Crippen molar-refractivity contribution in [3.63, 3.8) is 0 Å². The second-order valence-electron chi connectivity index (χ2n) is 5.85. The lowest BCUT2D eigenvalue weighted by molar-refractivity contribution is 0.102. The molecule has 2 heterocycles. The molecule has 0 spiro atoms. The number of carbonyl (C=O) groups is 1. The highest BCUT2D eigenvalue weighted by Gasteiger charge is 2.11. The Morgan fingerprint density at radius 2 is 1.96 bits per heavy atom. The van der Waals surface area contributed by atoms with Crippen molar-refractivity contribution < 1.29 is 4.79 Å². The first-order valence-electron chi connectivity index (χ1n) is 7.99. The average Bonchev–Trinajstić information content (AvgIpc) is 2.62. The monoisotopic (exact) mass is 336 g/mol. The number of likely N-dealkylation sites (N-methyl/N-ethyl adjacent to an activating group) is 1. The first kappa shape index (κ1) is 16.8. The van der Waals surface area contributed by atoms with Crippen molar-refractivity contribution in [1.82, 2.24) is 19.9 Å². The summed E-state index contributed by atoms with van der Waals surface area (Å²) in [6.45, 7) is 1.60. The van der Waals surface area contributed by atoms with Gasteiger partial charge in [-0.1, -0.05) is 18.2 Å². The van der Waals surface area contributed by atoms with Crippen molar-refractivity contribution in [1.29, 1.82) is 0 Å². The maximum Gasteiger partial charge on any atom is 0.274 e. The Labute approximate surface area is 146 Å². The summed E-state index contributed by atoms with van der Waals surface area (Å²) in [6.07, 6.45) is 3.09. The first-order valence-corrected chi connectivity index (χ1v) is 7.99. The van der Waals surface area contributed by atoms with E-state index in [1.807, 2.05) is 44.4 Å². The second-order valence-corrected chi connectivity index (χ2v) is 5.85. The van der Waals surface area contributed by atoms with Crippen LogP contribution < -0.4 is 10.6 Å². The second kappa shape index (κ2) is 7.67. The molecule has 0 fully saturated rings. The number of nitrogens with one attached hydrogen (secondary N) is 2. The van der Waals surface area contributed by atoms with Crippen LogP contribution in [-0.4, -0.2) is 52.9 Å². The molecular formula is C18H20N6O. The topological polar surface area (TPSA) is 83.0 Å². The van der Waals surface area contributed by atoms with Gasteiger partial charge >= 0.3 is 0 Å². The van der Waals surface area contributed by atoms with E-state index in [1.54, 1.807) is 12.3 Å². The molecule has 3 aromatic rings. The number of hydrogen-bond donors (Lipinski definition) is 2. The zero-order valence-electron chi connectivity index (χ0n) is 14.2. The van der Waals surface area contributed by atoms with Crippen molar-refractivity contribution in [2.45, 2.75) is 0 Å². The predicted octanol–water partition coefficient (Wildman–Crippen LogP) is 2.25. The van der Waals surface area contributed by atoms with Gasteiger partial charge in [0.15, 0.2) is 0 Å². The van der Waals surface area contributed by atoms with Crippen LogP contribution in [0.4, 0.5) is 11.5 Å². The van der Waals surface area contributed by atoms with Crippen LogP contribution in [0.5, 0.6) is 0 Å². The number of fused-ring (bicyclic) bond motifs is 1. The van der Waals surface area contributed by atoms with Crippen LogP contribution in [0.1, 0.15) is 10.5 Å². The molecule has 0 aliphatic rings. The Hall–Kier alpha value is -3.06. The van der Waals surface area contributed by atoms with Gasteiger partial charge in [0, 0.05) is 30.7 Å². The van der Waals surface area contributed by atoms with Gasteiger partial charge in [0.1, 0.15) is 17.8 Å². The molecule has 0 unspecified atom stereocenters. The summed E-state index contributed by atoms with van der Waals surface area (Å²) in [6, 6.07) is 11.1. The highest BCUT2D eigenvalue weighted by atomic mass is 16.1. The lowest BCUT2D eigenvalue weighted by Crippen LogP contribution is -2.21. The number of rotatable bonds is 6. The summed E-state index contributed by atoms with van der Waals surface area (Å²) < 4.78 is 0. The predicted molar refractivity (Wildman–Crippen MR) is 98.8 cm³/mol. The molecular weight excluding hydrogens is 316 g/mol. The largest absolute Gasteiger partial charge is 0.369 e. The molecule has 25 heavy (non-hydrogen) atoms. The summed E-state index contributed by atoms with van der Waals surface area (Å²) in [5.41, 5.74) is 1.70. The van der Waals surface area contributed by atoms with E-state index in [9.17, 15) is 4.79 Å². The lowest BCUT2D eigenvalue weighted by Gasteiger charge is -2.11. The van der Waals surface area contributed by atoms with Crippen LogP contribution in [0.15, 0.2) is 48.9 Å². The minimum Gasteiger partial charge on any atom is -0.369 e. The first-order chi connectivity index (χ1) is 12.1. The van der Waals surface area contributed by atoms with E-state index < -0.39 is 0 Å². The summed E-state index contributed by atoms with van der Waals surface area (Å²) >= 11 is 0. The molecule has 0 aliphatic heterocycles. The number of anilines is 2. The van der Waals surface area contributed by atoms with Gasteiger partial charge in [-0.3, -0.25) is 9.78 Å². The van der Waals surface area contributed by atoms with Crippen molar-refractivity contribution in [3.8, 4) is 0 Å². The number of para-hydroxylation sites is 1. The highest BCUT2D eigenvalue weighted by Crippen LogP contribution is 2.21. The molecule has 1 amide bonds. The zero-order valence-corrected chi connectivity index (χ0v) is 14.2. The van der Waals surface area contributed by atoms with Gasteiger partial charge in [0.05, 0.1) is 11.2 Å². The Bertz CT molecular complexity index is 875. The minimum absolute atomic E-state index is 0.295. The van der Waals surface area contributed by atoms with Gasteiger partial charge < -0.3 is 15.5 Å². The van der Waals surface area contributed by atoms with Crippen LogP contribution in [0.3, 0.4) is 0 Å². The van der Waals surface area contributed by atoms with Crippen molar-refractivity contribution in [2.24, 2.45) is 0 Å².